The zero-order chi connectivity index (χ0) is 13.1. The number of halogens is 3. The lowest BCUT2D eigenvalue weighted by atomic mass is 10.1. The minimum absolute atomic E-state index is 0.0542. The monoisotopic (exact) mass is 246 g/mol. The highest BCUT2D eigenvalue weighted by Gasteiger charge is 2.27. The molecule has 96 valence electrons. The molecular formula is C12H17F3N2. The maximum absolute atomic E-state index is 12.2. The van der Waals surface area contributed by atoms with Crippen LogP contribution in [0.5, 0.6) is 0 Å². The van der Waals surface area contributed by atoms with Crippen molar-refractivity contribution in [2.75, 3.05) is 18.5 Å². The van der Waals surface area contributed by atoms with Gasteiger partial charge < -0.3 is 10.6 Å². The summed E-state index contributed by atoms with van der Waals surface area (Å²) in [6, 6.07) is 5.57. The van der Waals surface area contributed by atoms with Crippen LogP contribution in [0.2, 0.25) is 0 Å². The van der Waals surface area contributed by atoms with Crippen molar-refractivity contribution in [1.82, 2.24) is 0 Å². The van der Waals surface area contributed by atoms with Gasteiger partial charge in [-0.15, -0.1) is 0 Å². The number of nitrogens with two attached hydrogens (primary N) is 1. The molecule has 2 nitrogen and oxygen atoms in total. The molecule has 0 amide bonds. The number of benzene rings is 1. The SMILES string of the molecule is Cc1cccc(CN)c1N(C)CCC(F)(F)F. The molecule has 0 aromatic heterocycles. The smallest absolute Gasteiger partial charge is 0.374 e. The van der Waals surface area contributed by atoms with Crippen LogP contribution in [0.25, 0.3) is 0 Å². The summed E-state index contributed by atoms with van der Waals surface area (Å²) in [5.41, 5.74) is 8.21. The molecule has 17 heavy (non-hydrogen) atoms. The van der Waals surface area contributed by atoms with Crippen molar-refractivity contribution in [2.45, 2.75) is 26.1 Å². The van der Waals surface area contributed by atoms with E-state index in [1.807, 2.05) is 25.1 Å². The van der Waals surface area contributed by atoms with Gasteiger partial charge in [0.05, 0.1) is 6.42 Å². The number of anilines is 1. The van der Waals surface area contributed by atoms with Gasteiger partial charge in [-0.2, -0.15) is 13.2 Å². The van der Waals surface area contributed by atoms with Crippen LogP contribution in [-0.2, 0) is 6.54 Å². The number of rotatable bonds is 4. The first-order valence-electron chi connectivity index (χ1n) is 5.41. The van der Waals surface area contributed by atoms with Gasteiger partial charge in [0.1, 0.15) is 0 Å². The minimum Gasteiger partial charge on any atom is -0.374 e. The van der Waals surface area contributed by atoms with Crippen LogP contribution >= 0.6 is 0 Å². The van der Waals surface area contributed by atoms with Crippen molar-refractivity contribution in [3.05, 3.63) is 29.3 Å². The third kappa shape index (κ3) is 3.93. The number of hydrogen-bond donors (Lipinski definition) is 1. The highest BCUT2D eigenvalue weighted by Crippen LogP contribution is 2.26. The third-order valence-corrected chi connectivity index (χ3v) is 2.65. The number of nitrogens with zero attached hydrogens (tertiary/aromatic N) is 1. The summed E-state index contributed by atoms with van der Waals surface area (Å²) in [6.07, 6.45) is -4.94. The number of aryl methyl sites for hydroxylation is 1. The largest absolute Gasteiger partial charge is 0.390 e. The molecule has 0 atom stereocenters. The van der Waals surface area contributed by atoms with E-state index >= 15 is 0 Å². The summed E-state index contributed by atoms with van der Waals surface area (Å²) >= 11 is 0. The quantitative estimate of drug-likeness (QED) is 0.885. The van der Waals surface area contributed by atoms with E-state index in [0.29, 0.717) is 6.54 Å². The van der Waals surface area contributed by atoms with Gasteiger partial charge in [-0.25, -0.2) is 0 Å². The van der Waals surface area contributed by atoms with Crippen molar-refractivity contribution in [1.29, 1.82) is 0 Å². The van der Waals surface area contributed by atoms with Gasteiger partial charge in [0.2, 0.25) is 0 Å². The predicted molar refractivity (Wildman–Crippen MR) is 63.0 cm³/mol. The van der Waals surface area contributed by atoms with Crippen molar-refractivity contribution in [3.8, 4) is 0 Å². The summed E-state index contributed by atoms with van der Waals surface area (Å²) in [5, 5.41) is 0. The Hall–Kier alpha value is -1.23. The van der Waals surface area contributed by atoms with E-state index in [1.165, 1.54) is 0 Å². The molecule has 1 rings (SSSR count). The van der Waals surface area contributed by atoms with Gasteiger partial charge in [0.15, 0.2) is 0 Å². The lowest BCUT2D eigenvalue weighted by molar-refractivity contribution is -0.132. The number of para-hydroxylation sites is 1. The Labute approximate surface area is 99.2 Å². The van der Waals surface area contributed by atoms with E-state index < -0.39 is 12.6 Å². The maximum Gasteiger partial charge on any atom is 0.390 e. The molecule has 0 saturated carbocycles. The molecule has 5 heteroatoms. The molecule has 0 unspecified atom stereocenters. The fourth-order valence-electron chi connectivity index (χ4n) is 1.84. The van der Waals surface area contributed by atoms with E-state index in [-0.39, 0.29) is 6.54 Å². The normalized spacial score (nSPS) is 11.6. The molecule has 1 aromatic rings. The van der Waals surface area contributed by atoms with Crippen LogP contribution < -0.4 is 10.6 Å². The average molecular weight is 246 g/mol. The molecule has 0 aliphatic rings. The average Bonchev–Trinajstić information content (AvgIpc) is 2.24. The van der Waals surface area contributed by atoms with E-state index in [0.717, 1.165) is 16.8 Å². The van der Waals surface area contributed by atoms with Gasteiger partial charge >= 0.3 is 6.18 Å². The molecule has 0 saturated heterocycles. The summed E-state index contributed by atoms with van der Waals surface area (Å²) in [7, 11) is 1.66. The third-order valence-electron chi connectivity index (χ3n) is 2.65. The van der Waals surface area contributed by atoms with E-state index in [1.54, 1.807) is 11.9 Å². The Bertz CT molecular complexity index is 375. The van der Waals surface area contributed by atoms with Crippen molar-refractivity contribution >= 4 is 5.69 Å². The van der Waals surface area contributed by atoms with Gasteiger partial charge in [0, 0.05) is 25.8 Å². The zero-order valence-electron chi connectivity index (χ0n) is 10.0. The molecule has 0 radical (unpaired) electrons. The zero-order valence-corrected chi connectivity index (χ0v) is 10.0. The van der Waals surface area contributed by atoms with Gasteiger partial charge in [0.25, 0.3) is 0 Å². The Balaban J connectivity index is 2.84. The summed E-state index contributed by atoms with van der Waals surface area (Å²) in [5.74, 6) is 0. The fourth-order valence-corrected chi connectivity index (χ4v) is 1.84. The fraction of sp³-hybridized carbons (Fsp3) is 0.500. The maximum atomic E-state index is 12.2. The molecule has 0 spiro atoms. The van der Waals surface area contributed by atoms with Crippen LogP contribution in [0.3, 0.4) is 0 Å². The molecule has 2 N–H and O–H groups in total. The minimum atomic E-state index is -4.13. The standard InChI is InChI=1S/C12H17F3N2/c1-9-4-3-5-10(8-16)11(9)17(2)7-6-12(13,14)15/h3-5H,6-8,16H2,1-2H3. The second-order valence-electron chi connectivity index (χ2n) is 4.07. The molecule has 0 bridgehead atoms. The van der Waals surface area contributed by atoms with Crippen molar-refractivity contribution < 1.29 is 13.2 Å². The van der Waals surface area contributed by atoms with Crippen LogP contribution in [0, 0.1) is 6.92 Å². The van der Waals surface area contributed by atoms with Gasteiger partial charge in [-0.05, 0) is 18.1 Å². The second kappa shape index (κ2) is 5.40. The van der Waals surface area contributed by atoms with Gasteiger partial charge in [-0.1, -0.05) is 18.2 Å². The second-order valence-corrected chi connectivity index (χ2v) is 4.07. The highest BCUT2D eigenvalue weighted by molar-refractivity contribution is 5.58. The first-order chi connectivity index (χ1) is 7.85. The number of alkyl halides is 3. The molecular weight excluding hydrogens is 229 g/mol. The highest BCUT2D eigenvalue weighted by atomic mass is 19.4. The lowest BCUT2D eigenvalue weighted by Gasteiger charge is -2.24. The molecule has 0 aliphatic heterocycles. The van der Waals surface area contributed by atoms with Crippen LogP contribution in [0.1, 0.15) is 17.5 Å². The molecule has 1 aromatic carbocycles. The Morgan fingerprint density at radius 1 is 1.29 bits per heavy atom. The van der Waals surface area contributed by atoms with Gasteiger partial charge in [-0.3, -0.25) is 0 Å². The topological polar surface area (TPSA) is 29.3 Å². The predicted octanol–water partition coefficient (Wildman–Crippen LogP) is 2.84. The Morgan fingerprint density at radius 3 is 2.47 bits per heavy atom. The molecule has 0 aliphatic carbocycles. The Kier molecular flexibility index (Phi) is 4.40. The molecule has 0 heterocycles. The summed E-state index contributed by atoms with van der Waals surface area (Å²) < 4.78 is 36.5. The molecule has 0 fully saturated rings. The first-order valence-corrected chi connectivity index (χ1v) is 5.41. The van der Waals surface area contributed by atoms with Crippen molar-refractivity contribution in [3.63, 3.8) is 0 Å². The lowest BCUT2D eigenvalue weighted by Crippen LogP contribution is -2.26. The van der Waals surface area contributed by atoms with E-state index in [9.17, 15) is 13.2 Å². The van der Waals surface area contributed by atoms with Crippen LogP contribution in [0.4, 0.5) is 18.9 Å². The van der Waals surface area contributed by atoms with E-state index in [4.69, 9.17) is 5.73 Å². The van der Waals surface area contributed by atoms with Crippen LogP contribution in [0.15, 0.2) is 18.2 Å². The van der Waals surface area contributed by atoms with Crippen LogP contribution in [-0.4, -0.2) is 19.8 Å². The van der Waals surface area contributed by atoms with E-state index in [2.05, 4.69) is 0 Å². The first kappa shape index (κ1) is 13.8. The summed E-state index contributed by atoms with van der Waals surface area (Å²) in [4.78, 5) is 1.62. The summed E-state index contributed by atoms with van der Waals surface area (Å²) in [6.45, 7) is 2.15. The number of hydrogen-bond acceptors (Lipinski definition) is 2. The Morgan fingerprint density at radius 2 is 1.94 bits per heavy atom. The van der Waals surface area contributed by atoms with Crippen molar-refractivity contribution in [2.24, 2.45) is 5.73 Å².